The SMILES string of the molecule is CCc1ccc2c(c1)C(C)(C)c1cc(C)ccc1-2.CCc1ccc2c(c1)CCc1cc(C)ccc1-2.CCc1ccc2c(c1)Cc1cc(C)ccc1-2. The number of rotatable bonds is 3. The standard InChI is InChI=1S/C18H20.C17H18.C16H16/c1-5-13-7-9-15-14-8-6-12(2)10-16(14)18(3,4)17(15)11-13;1-3-13-5-9-17-15(11-13)7-6-14-10-12(2)4-8-16(14)17;1-3-12-5-7-16-14(9-12)10-13-8-11(2)4-6-15(13)16/h6-11H,5H2,1-4H3;4-5,8-11H,3,6-7H2,1-2H3;4-9H,3,10H2,1-2H3. The number of hydrogen-bond acceptors (Lipinski definition) is 0. The molecule has 0 bridgehead atoms. The molecule has 0 atom stereocenters. The van der Waals surface area contributed by atoms with Crippen LogP contribution in [0.15, 0.2) is 109 Å². The van der Waals surface area contributed by atoms with Crippen LogP contribution in [0.3, 0.4) is 0 Å². The monoisotopic (exact) mass is 666 g/mol. The van der Waals surface area contributed by atoms with Crippen molar-refractivity contribution in [3.63, 3.8) is 0 Å². The molecular weight excluding hydrogens is 613 g/mol. The molecule has 0 saturated carbocycles. The summed E-state index contributed by atoms with van der Waals surface area (Å²) in [5, 5.41) is 0. The molecule has 51 heavy (non-hydrogen) atoms. The van der Waals surface area contributed by atoms with Gasteiger partial charge in [0.25, 0.3) is 0 Å². The quantitative estimate of drug-likeness (QED) is 0.176. The smallest absolute Gasteiger partial charge is 0.0159 e. The van der Waals surface area contributed by atoms with Gasteiger partial charge >= 0.3 is 0 Å². The summed E-state index contributed by atoms with van der Waals surface area (Å²) >= 11 is 0. The van der Waals surface area contributed by atoms with Crippen LogP contribution in [0, 0.1) is 20.8 Å². The van der Waals surface area contributed by atoms with Crippen LogP contribution < -0.4 is 0 Å². The molecule has 3 aliphatic carbocycles. The van der Waals surface area contributed by atoms with E-state index in [2.05, 4.69) is 165 Å². The summed E-state index contributed by atoms with van der Waals surface area (Å²) in [5.41, 5.74) is 26.2. The summed E-state index contributed by atoms with van der Waals surface area (Å²) in [5.74, 6) is 0. The van der Waals surface area contributed by atoms with Gasteiger partial charge in [-0.05, 0) is 143 Å². The van der Waals surface area contributed by atoms with E-state index in [9.17, 15) is 0 Å². The maximum Gasteiger partial charge on any atom is 0.0159 e. The lowest BCUT2D eigenvalue weighted by atomic mass is 9.81. The highest BCUT2D eigenvalue weighted by molar-refractivity contribution is 5.81. The van der Waals surface area contributed by atoms with Crippen molar-refractivity contribution in [2.24, 2.45) is 0 Å². The van der Waals surface area contributed by atoms with Crippen LogP contribution in [-0.4, -0.2) is 0 Å². The molecule has 6 aromatic carbocycles. The Morgan fingerprint density at radius 1 is 0.392 bits per heavy atom. The summed E-state index contributed by atoms with van der Waals surface area (Å²) in [6.07, 6.45) is 6.87. The van der Waals surface area contributed by atoms with Crippen LogP contribution in [0.4, 0.5) is 0 Å². The zero-order valence-corrected chi connectivity index (χ0v) is 32.1. The normalized spacial score (nSPS) is 13.6. The van der Waals surface area contributed by atoms with E-state index in [1.807, 2.05) is 0 Å². The Hall–Kier alpha value is -4.68. The molecule has 3 aliphatic rings. The molecule has 0 aliphatic heterocycles. The van der Waals surface area contributed by atoms with Crippen molar-refractivity contribution in [1.29, 1.82) is 0 Å². The second kappa shape index (κ2) is 14.1. The molecule has 0 fully saturated rings. The minimum atomic E-state index is 0.141. The number of aryl methyl sites for hydroxylation is 8. The Kier molecular flexibility index (Phi) is 9.64. The first-order valence-electron chi connectivity index (χ1n) is 19.3. The van der Waals surface area contributed by atoms with Gasteiger partial charge in [0.15, 0.2) is 0 Å². The minimum Gasteiger partial charge on any atom is -0.0613 e. The molecule has 0 spiro atoms. The number of hydrogen-bond donors (Lipinski definition) is 0. The van der Waals surface area contributed by atoms with E-state index in [0.717, 1.165) is 25.7 Å². The summed E-state index contributed by atoms with van der Waals surface area (Å²) in [6.45, 7) is 17.9. The zero-order chi connectivity index (χ0) is 35.9. The van der Waals surface area contributed by atoms with Gasteiger partial charge in [-0.2, -0.15) is 0 Å². The van der Waals surface area contributed by atoms with Gasteiger partial charge in [0, 0.05) is 5.41 Å². The lowest BCUT2D eigenvalue weighted by Crippen LogP contribution is -2.15. The molecule has 0 heterocycles. The Morgan fingerprint density at radius 3 is 1.29 bits per heavy atom. The third-order valence-corrected chi connectivity index (χ3v) is 11.6. The van der Waals surface area contributed by atoms with Gasteiger partial charge in [-0.3, -0.25) is 0 Å². The van der Waals surface area contributed by atoms with Crippen molar-refractivity contribution in [3.05, 3.63) is 176 Å². The van der Waals surface area contributed by atoms with Crippen LogP contribution in [0.5, 0.6) is 0 Å². The predicted octanol–water partition coefficient (Wildman–Crippen LogP) is 13.3. The molecule has 9 rings (SSSR count). The van der Waals surface area contributed by atoms with Crippen molar-refractivity contribution >= 4 is 0 Å². The fourth-order valence-corrected chi connectivity index (χ4v) is 8.53. The second-order valence-electron chi connectivity index (χ2n) is 15.6. The van der Waals surface area contributed by atoms with Crippen LogP contribution in [0.25, 0.3) is 33.4 Å². The van der Waals surface area contributed by atoms with Crippen molar-refractivity contribution in [2.75, 3.05) is 0 Å². The lowest BCUT2D eigenvalue weighted by molar-refractivity contribution is 0.658. The highest BCUT2D eigenvalue weighted by Gasteiger charge is 2.35. The van der Waals surface area contributed by atoms with Crippen LogP contribution in [0.2, 0.25) is 0 Å². The summed E-state index contributed by atoms with van der Waals surface area (Å²) in [7, 11) is 0. The van der Waals surface area contributed by atoms with Crippen molar-refractivity contribution in [3.8, 4) is 33.4 Å². The Morgan fingerprint density at radius 2 is 0.745 bits per heavy atom. The molecule has 0 saturated heterocycles. The molecule has 0 unspecified atom stereocenters. The van der Waals surface area contributed by atoms with Gasteiger partial charge in [0.1, 0.15) is 0 Å². The molecular formula is C51H54. The third-order valence-electron chi connectivity index (χ3n) is 11.6. The maximum absolute atomic E-state index is 2.39. The van der Waals surface area contributed by atoms with E-state index >= 15 is 0 Å². The molecule has 0 aromatic heterocycles. The van der Waals surface area contributed by atoms with Gasteiger partial charge in [0.2, 0.25) is 0 Å². The van der Waals surface area contributed by atoms with E-state index in [1.165, 1.54) is 113 Å². The van der Waals surface area contributed by atoms with E-state index in [0.29, 0.717) is 0 Å². The van der Waals surface area contributed by atoms with Crippen molar-refractivity contribution < 1.29 is 0 Å². The topological polar surface area (TPSA) is 0 Å². The number of fused-ring (bicyclic) bond motifs is 9. The van der Waals surface area contributed by atoms with Gasteiger partial charge < -0.3 is 0 Å². The average Bonchev–Trinajstić information content (AvgIpc) is 3.61. The van der Waals surface area contributed by atoms with E-state index in [-0.39, 0.29) is 5.41 Å². The Labute approximate surface area is 307 Å². The van der Waals surface area contributed by atoms with Crippen molar-refractivity contribution in [2.45, 2.75) is 99.3 Å². The first-order chi connectivity index (χ1) is 24.6. The molecule has 0 radical (unpaired) electrons. The van der Waals surface area contributed by atoms with Crippen LogP contribution >= 0.6 is 0 Å². The number of benzene rings is 6. The van der Waals surface area contributed by atoms with Crippen LogP contribution in [-0.2, 0) is 43.9 Å². The largest absolute Gasteiger partial charge is 0.0613 e. The molecule has 0 nitrogen and oxygen atoms in total. The van der Waals surface area contributed by atoms with Gasteiger partial charge in [-0.15, -0.1) is 0 Å². The van der Waals surface area contributed by atoms with Gasteiger partial charge in [-0.1, -0.05) is 161 Å². The third kappa shape index (κ3) is 6.74. The summed E-state index contributed by atoms with van der Waals surface area (Å²) < 4.78 is 0. The van der Waals surface area contributed by atoms with Gasteiger partial charge in [-0.25, -0.2) is 0 Å². The van der Waals surface area contributed by atoms with Crippen LogP contribution in [0.1, 0.15) is 101 Å². The fourth-order valence-electron chi connectivity index (χ4n) is 8.53. The molecule has 0 amide bonds. The fraction of sp³-hybridized carbons (Fsp3) is 0.294. The molecule has 258 valence electrons. The zero-order valence-electron chi connectivity index (χ0n) is 32.1. The lowest BCUT2D eigenvalue weighted by Gasteiger charge is -2.22. The predicted molar refractivity (Wildman–Crippen MR) is 220 cm³/mol. The Bertz CT molecular complexity index is 2240. The van der Waals surface area contributed by atoms with E-state index < -0.39 is 0 Å². The van der Waals surface area contributed by atoms with Gasteiger partial charge in [0.05, 0.1) is 0 Å². The minimum absolute atomic E-state index is 0.141. The highest BCUT2D eigenvalue weighted by atomic mass is 14.4. The first-order valence-corrected chi connectivity index (χ1v) is 19.3. The first kappa shape index (κ1) is 34.8. The summed E-state index contributed by atoms with van der Waals surface area (Å²) in [4.78, 5) is 0. The molecule has 6 aromatic rings. The maximum atomic E-state index is 2.39. The van der Waals surface area contributed by atoms with Crippen molar-refractivity contribution in [1.82, 2.24) is 0 Å². The molecule has 0 heteroatoms. The van der Waals surface area contributed by atoms with E-state index in [4.69, 9.17) is 0 Å². The Balaban J connectivity index is 0.000000120. The summed E-state index contributed by atoms with van der Waals surface area (Å²) in [6, 6.07) is 41.3. The van der Waals surface area contributed by atoms with E-state index in [1.54, 1.807) is 0 Å². The highest BCUT2D eigenvalue weighted by Crippen LogP contribution is 2.49. The second-order valence-corrected chi connectivity index (χ2v) is 15.6. The average molecular weight is 667 g/mol. The molecule has 0 N–H and O–H groups in total.